The molecule has 0 aromatic heterocycles. The number of hydrogen-bond acceptors (Lipinski definition) is 6. The van der Waals surface area contributed by atoms with Crippen molar-refractivity contribution in [2.24, 2.45) is 0 Å². The van der Waals surface area contributed by atoms with Crippen molar-refractivity contribution in [1.82, 2.24) is 4.90 Å². The number of nitrogens with zero attached hydrogens (tertiary/aromatic N) is 2. The van der Waals surface area contributed by atoms with E-state index in [1.165, 1.54) is 14.2 Å². The molecule has 0 saturated carbocycles. The highest BCUT2D eigenvalue weighted by molar-refractivity contribution is 9.12. The van der Waals surface area contributed by atoms with E-state index < -0.39 is 11.9 Å². The third-order valence-corrected chi connectivity index (χ3v) is 7.36. The van der Waals surface area contributed by atoms with Crippen LogP contribution in [0.15, 0.2) is 110 Å². The fourth-order valence-electron chi connectivity index (χ4n) is 4.60. The summed E-state index contributed by atoms with van der Waals surface area (Å²) in [4.78, 5) is 30.5. The van der Waals surface area contributed by atoms with Gasteiger partial charge in [-0.25, -0.2) is 9.59 Å². The third kappa shape index (κ3) is 6.08. The van der Waals surface area contributed by atoms with Crippen molar-refractivity contribution in [2.45, 2.75) is 25.4 Å². The topological polar surface area (TPSA) is 59.1 Å². The Morgan fingerprint density at radius 3 is 2.38 bits per heavy atom. The van der Waals surface area contributed by atoms with Crippen molar-refractivity contribution in [2.75, 3.05) is 25.7 Å². The number of rotatable bonds is 5. The fraction of sp³-hybridized carbons (Fsp3) is 0.241. The number of hydrogen-bond donors (Lipinski definition) is 0. The summed E-state index contributed by atoms with van der Waals surface area (Å²) in [6, 6.07) is 7.69. The first kappa shape index (κ1) is 26.9. The van der Waals surface area contributed by atoms with Gasteiger partial charge in [-0.15, -0.1) is 0 Å². The molecule has 1 aliphatic heterocycles. The molecule has 1 atom stereocenters. The average Bonchev–Trinajstić information content (AvgIpc) is 3.11. The number of carbonyl (C=O) groups excluding carboxylic acids is 2. The van der Waals surface area contributed by atoms with Gasteiger partial charge in [-0.3, -0.25) is 0 Å². The summed E-state index contributed by atoms with van der Waals surface area (Å²) in [6.45, 7) is 0.191. The van der Waals surface area contributed by atoms with Crippen LogP contribution in [0.25, 0.3) is 0 Å². The van der Waals surface area contributed by atoms with Crippen LogP contribution < -0.4 is 4.90 Å². The molecule has 3 aliphatic rings. The van der Waals surface area contributed by atoms with Crippen LogP contribution in [0.5, 0.6) is 0 Å². The van der Waals surface area contributed by atoms with Crippen molar-refractivity contribution in [3.63, 3.8) is 0 Å². The SMILES string of the molecule is COC(=O)C1=C(C(=O)OC)N(c2ccc(Br)cc2)C(/C2=C/C/C=C\C=C/C2)N(C2=CC=C(Br)C=CC2)C1. The summed E-state index contributed by atoms with van der Waals surface area (Å²) in [5, 5.41) is 0. The molecule has 37 heavy (non-hydrogen) atoms. The zero-order valence-corrected chi connectivity index (χ0v) is 23.9. The molecule has 1 heterocycles. The Labute approximate surface area is 234 Å². The lowest BCUT2D eigenvalue weighted by Crippen LogP contribution is -2.56. The Balaban J connectivity index is 2.01. The molecular weight excluding hydrogens is 600 g/mol. The van der Waals surface area contributed by atoms with Gasteiger partial charge in [0.2, 0.25) is 0 Å². The number of anilines is 1. The second-order valence-corrected chi connectivity index (χ2v) is 10.4. The van der Waals surface area contributed by atoms with Crippen LogP contribution in [-0.4, -0.2) is 43.8 Å². The molecule has 2 aliphatic carbocycles. The summed E-state index contributed by atoms with van der Waals surface area (Å²) < 4.78 is 12.2. The minimum Gasteiger partial charge on any atom is -0.466 e. The highest BCUT2D eigenvalue weighted by Crippen LogP contribution is 2.39. The zero-order valence-electron chi connectivity index (χ0n) is 20.7. The van der Waals surface area contributed by atoms with Crippen LogP contribution in [0.4, 0.5) is 5.69 Å². The van der Waals surface area contributed by atoms with Gasteiger partial charge < -0.3 is 19.3 Å². The monoisotopic (exact) mass is 626 g/mol. The second kappa shape index (κ2) is 12.4. The molecule has 0 bridgehead atoms. The number of carbonyl (C=O) groups is 2. The maximum atomic E-state index is 13.3. The summed E-state index contributed by atoms with van der Waals surface area (Å²) in [6.07, 6.45) is 20.3. The Morgan fingerprint density at radius 2 is 1.65 bits per heavy atom. The lowest BCUT2D eigenvalue weighted by atomic mass is 9.96. The molecular formula is C29H28Br2N2O4. The largest absolute Gasteiger partial charge is 0.466 e. The van der Waals surface area contributed by atoms with E-state index in [4.69, 9.17) is 9.47 Å². The van der Waals surface area contributed by atoms with Crippen molar-refractivity contribution in [3.8, 4) is 0 Å². The quantitative estimate of drug-likeness (QED) is 0.276. The average molecular weight is 628 g/mol. The van der Waals surface area contributed by atoms with Crippen LogP contribution in [0.3, 0.4) is 0 Å². The predicted molar refractivity (Wildman–Crippen MR) is 153 cm³/mol. The van der Waals surface area contributed by atoms with E-state index in [2.05, 4.69) is 61.1 Å². The Hall–Kier alpha value is -3.10. The fourth-order valence-corrected chi connectivity index (χ4v) is 5.18. The first-order valence-corrected chi connectivity index (χ1v) is 13.5. The first-order chi connectivity index (χ1) is 17.9. The van der Waals surface area contributed by atoms with E-state index in [0.717, 1.165) is 32.3 Å². The van der Waals surface area contributed by atoms with E-state index >= 15 is 0 Å². The molecule has 8 heteroatoms. The third-order valence-electron chi connectivity index (χ3n) is 6.30. The van der Waals surface area contributed by atoms with Crippen LogP contribution in [0.1, 0.15) is 19.3 Å². The van der Waals surface area contributed by atoms with E-state index in [-0.39, 0.29) is 24.0 Å². The second-order valence-electron chi connectivity index (χ2n) is 8.55. The highest BCUT2D eigenvalue weighted by Gasteiger charge is 2.43. The van der Waals surface area contributed by atoms with Crippen LogP contribution >= 0.6 is 31.9 Å². The summed E-state index contributed by atoms with van der Waals surface area (Å²) in [5.41, 5.74) is 3.29. The zero-order chi connectivity index (χ0) is 26.4. The van der Waals surface area contributed by atoms with Gasteiger partial charge in [0.25, 0.3) is 0 Å². The van der Waals surface area contributed by atoms with Crippen molar-refractivity contribution in [3.05, 3.63) is 110 Å². The van der Waals surface area contributed by atoms with Gasteiger partial charge in [0.15, 0.2) is 0 Å². The van der Waals surface area contributed by atoms with E-state index in [0.29, 0.717) is 12.8 Å². The molecule has 0 saturated heterocycles. The number of esters is 2. The first-order valence-electron chi connectivity index (χ1n) is 11.9. The summed E-state index contributed by atoms with van der Waals surface area (Å²) in [5.74, 6) is -1.16. The standard InChI is InChI=1S/C29H28Br2N2O4/c1-36-28(34)25-19-32(23-12-8-11-21(30)13-16-23)27(20-9-6-4-3-5-7-10-20)33(26(25)29(35)37-2)24-17-14-22(31)15-18-24/h3-6,8,10-11,13-18,27H,7,9,12,19H2,1-2H3/b5-3-,6-4-,20-10+. The van der Waals surface area contributed by atoms with Crippen LogP contribution in [-0.2, 0) is 19.1 Å². The van der Waals surface area contributed by atoms with E-state index in [9.17, 15) is 9.59 Å². The molecule has 0 N–H and O–H groups in total. The molecule has 0 fully saturated rings. The summed E-state index contributed by atoms with van der Waals surface area (Å²) >= 11 is 7.07. The van der Waals surface area contributed by atoms with Crippen molar-refractivity contribution < 1.29 is 19.1 Å². The predicted octanol–water partition coefficient (Wildman–Crippen LogP) is 6.45. The Morgan fingerprint density at radius 1 is 0.919 bits per heavy atom. The molecule has 0 radical (unpaired) electrons. The molecule has 1 aromatic rings. The molecule has 1 aromatic carbocycles. The maximum Gasteiger partial charge on any atom is 0.355 e. The molecule has 0 spiro atoms. The van der Waals surface area contributed by atoms with Crippen molar-refractivity contribution >= 4 is 49.5 Å². The van der Waals surface area contributed by atoms with Gasteiger partial charge >= 0.3 is 11.9 Å². The number of halogens is 2. The minimum absolute atomic E-state index is 0.182. The number of allylic oxidation sites excluding steroid dienone is 10. The molecule has 6 nitrogen and oxygen atoms in total. The van der Waals surface area contributed by atoms with Gasteiger partial charge in [0, 0.05) is 26.8 Å². The molecule has 0 amide bonds. The maximum absolute atomic E-state index is 13.3. The van der Waals surface area contributed by atoms with Crippen molar-refractivity contribution in [1.29, 1.82) is 0 Å². The Kier molecular flexibility index (Phi) is 9.05. The van der Waals surface area contributed by atoms with Gasteiger partial charge in [-0.05, 0) is 54.8 Å². The van der Waals surface area contributed by atoms with Crippen LogP contribution in [0.2, 0.25) is 0 Å². The number of methoxy groups -OCH3 is 2. The molecule has 4 rings (SSSR count). The Bertz CT molecular complexity index is 1270. The summed E-state index contributed by atoms with van der Waals surface area (Å²) in [7, 11) is 2.65. The lowest BCUT2D eigenvalue weighted by molar-refractivity contribution is -0.140. The molecule has 192 valence electrons. The van der Waals surface area contributed by atoms with Gasteiger partial charge in [0.05, 0.1) is 26.3 Å². The van der Waals surface area contributed by atoms with E-state index in [1.807, 2.05) is 59.5 Å². The van der Waals surface area contributed by atoms with E-state index in [1.54, 1.807) is 0 Å². The lowest BCUT2D eigenvalue weighted by Gasteiger charge is -2.48. The van der Waals surface area contributed by atoms with Gasteiger partial charge in [0.1, 0.15) is 11.9 Å². The smallest absolute Gasteiger partial charge is 0.355 e. The number of benzene rings is 1. The normalized spacial score (nSPS) is 23.0. The van der Waals surface area contributed by atoms with Gasteiger partial charge in [-0.2, -0.15) is 0 Å². The molecule has 1 unspecified atom stereocenters. The minimum atomic E-state index is -0.591. The highest BCUT2D eigenvalue weighted by atomic mass is 79.9. The number of ether oxygens (including phenoxy) is 2. The van der Waals surface area contributed by atoms with Gasteiger partial charge in [-0.1, -0.05) is 74.4 Å². The van der Waals surface area contributed by atoms with Crippen LogP contribution in [0, 0.1) is 0 Å².